The molecule has 1 amide bonds. The highest BCUT2D eigenvalue weighted by atomic mass is 19.1. The Labute approximate surface area is 131 Å². The number of carbonyl (C=O) groups excluding carboxylic acids is 1. The minimum atomic E-state index is -0.601. The van der Waals surface area contributed by atoms with E-state index in [1.165, 1.54) is 22.9 Å². The average Bonchev–Trinajstić information content (AvgIpc) is 2.78. The van der Waals surface area contributed by atoms with Gasteiger partial charge in [-0.1, -0.05) is 12.1 Å². The number of amides is 1. The molecule has 0 atom stereocenters. The molecule has 2 aromatic rings. The highest BCUT2D eigenvalue weighted by Gasteiger charge is 2.23. The number of nitro groups is 1. The molecule has 0 fully saturated rings. The van der Waals surface area contributed by atoms with Gasteiger partial charge in [0.2, 0.25) is 5.82 Å². The normalized spacial score (nSPS) is 10.4. The number of nitrogens with one attached hydrogen (secondary N) is 2. The molecule has 8 nitrogen and oxygen atoms in total. The van der Waals surface area contributed by atoms with Crippen molar-refractivity contribution in [1.29, 1.82) is 0 Å². The summed E-state index contributed by atoms with van der Waals surface area (Å²) >= 11 is 0. The first-order valence-electron chi connectivity index (χ1n) is 6.86. The lowest BCUT2D eigenvalue weighted by atomic mass is 10.2. The van der Waals surface area contributed by atoms with Gasteiger partial charge in [-0.3, -0.25) is 14.9 Å². The Morgan fingerprint density at radius 3 is 2.74 bits per heavy atom. The van der Waals surface area contributed by atoms with Gasteiger partial charge < -0.3 is 10.6 Å². The van der Waals surface area contributed by atoms with Crippen LogP contribution in [0.3, 0.4) is 0 Å². The number of carbonyl (C=O) groups is 1. The summed E-state index contributed by atoms with van der Waals surface area (Å²) < 4.78 is 14.8. The van der Waals surface area contributed by atoms with Crippen molar-refractivity contribution in [1.82, 2.24) is 15.1 Å². The summed E-state index contributed by atoms with van der Waals surface area (Å²) in [7, 11) is 1.58. The van der Waals surface area contributed by atoms with E-state index >= 15 is 0 Å². The monoisotopic (exact) mass is 321 g/mol. The largest absolute Gasteiger partial charge is 0.363 e. The predicted octanol–water partition coefficient (Wildman–Crippen LogP) is 1.62. The zero-order valence-corrected chi connectivity index (χ0v) is 12.7. The van der Waals surface area contributed by atoms with E-state index < -0.39 is 16.6 Å². The van der Waals surface area contributed by atoms with Gasteiger partial charge in [0, 0.05) is 20.1 Å². The summed E-state index contributed by atoms with van der Waals surface area (Å²) in [6, 6.07) is 5.65. The third-order valence-corrected chi connectivity index (χ3v) is 3.19. The fourth-order valence-electron chi connectivity index (χ4n) is 2.16. The third kappa shape index (κ3) is 3.62. The van der Waals surface area contributed by atoms with Gasteiger partial charge in [0.25, 0.3) is 5.91 Å². The van der Waals surface area contributed by atoms with Crippen LogP contribution in [0.25, 0.3) is 0 Å². The zero-order valence-electron chi connectivity index (χ0n) is 12.7. The van der Waals surface area contributed by atoms with Crippen molar-refractivity contribution in [3.63, 3.8) is 0 Å². The van der Waals surface area contributed by atoms with Gasteiger partial charge in [0.1, 0.15) is 11.5 Å². The van der Waals surface area contributed by atoms with Gasteiger partial charge in [0.15, 0.2) is 0 Å². The van der Waals surface area contributed by atoms with E-state index in [1.54, 1.807) is 20.0 Å². The smallest absolute Gasteiger partial charge is 0.333 e. The van der Waals surface area contributed by atoms with Crippen LogP contribution in [0.5, 0.6) is 0 Å². The maximum absolute atomic E-state index is 13.4. The molecule has 2 rings (SSSR count). The van der Waals surface area contributed by atoms with Crippen LogP contribution in [0.1, 0.15) is 16.1 Å². The highest BCUT2D eigenvalue weighted by Crippen LogP contribution is 2.26. The lowest BCUT2D eigenvalue weighted by Gasteiger charge is -2.08. The van der Waals surface area contributed by atoms with Gasteiger partial charge in [-0.2, -0.15) is 5.10 Å². The number of aryl methyl sites for hydroxylation is 2. The molecule has 0 spiro atoms. The number of anilines is 1. The Kier molecular flexibility index (Phi) is 4.89. The first kappa shape index (κ1) is 16.4. The van der Waals surface area contributed by atoms with Crippen molar-refractivity contribution in [3.8, 4) is 0 Å². The van der Waals surface area contributed by atoms with E-state index in [9.17, 15) is 19.3 Å². The van der Waals surface area contributed by atoms with Gasteiger partial charge in [0.05, 0.1) is 10.5 Å². The molecule has 0 saturated carbocycles. The molecule has 0 saturated heterocycles. The van der Waals surface area contributed by atoms with Crippen molar-refractivity contribution in [2.24, 2.45) is 7.05 Å². The fraction of sp³-hybridized carbons (Fsp3) is 0.286. The molecular formula is C14H16FN5O3. The lowest BCUT2D eigenvalue weighted by Crippen LogP contribution is -2.29. The quantitative estimate of drug-likeness (QED) is 0.478. The van der Waals surface area contributed by atoms with Crippen LogP contribution in [0, 0.1) is 22.9 Å². The minimum absolute atomic E-state index is 0.0464. The Morgan fingerprint density at radius 1 is 1.39 bits per heavy atom. The van der Waals surface area contributed by atoms with Crippen LogP contribution in [0.15, 0.2) is 24.3 Å². The molecule has 0 aliphatic carbocycles. The van der Waals surface area contributed by atoms with Crippen LogP contribution in [0.4, 0.5) is 15.9 Å². The topological polar surface area (TPSA) is 102 Å². The molecule has 0 bridgehead atoms. The second kappa shape index (κ2) is 6.86. The van der Waals surface area contributed by atoms with Crippen molar-refractivity contribution in [2.75, 3.05) is 18.4 Å². The molecule has 1 heterocycles. The van der Waals surface area contributed by atoms with Crippen LogP contribution >= 0.6 is 0 Å². The molecule has 1 aromatic heterocycles. The minimum Gasteiger partial charge on any atom is -0.363 e. The first-order valence-corrected chi connectivity index (χ1v) is 6.86. The number of aromatic nitrogens is 2. The van der Waals surface area contributed by atoms with Crippen molar-refractivity contribution in [2.45, 2.75) is 6.92 Å². The van der Waals surface area contributed by atoms with Crippen LogP contribution in [-0.4, -0.2) is 33.7 Å². The summed E-state index contributed by atoms with van der Waals surface area (Å²) in [6.07, 6.45) is 0. The van der Waals surface area contributed by atoms with Gasteiger partial charge in [-0.25, -0.2) is 9.07 Å². The zero-order chi connectivity index (χ0) is 17.0. The van der Waals surface area contributed by atoms with Crippen LogP contribution in [-0.2, 0) is 7.05 Å². The number of hydrogen-bond acceptors (Lipinski definition) is 5. The van der Waals surface area contributed by atoms with Crippen molar-refractivity contribution >= 4 is 17.4 Å². The second-order valence-electron chi connectivity index (χ2n) is 4.83. The highest BCUT2D eigenvalue weighted by molar-refractivity contribution is 5.94. The number of benzene rings is 1. The van der Waals surface area contributed by atoms with Gasteiger partial charge >= 0.3 is 5.69 Å². The number of rotatable bonds is 6. The molecule has 122 valence electrons. The summed E-state index contributed by atoms with van der Waals surface area (Å²) in [5, 5.41) is 20.4. The first-order chi connectivity index (χ1) is 10.9. The van der Waals surface area contributed by atoms with E-state index in [0.29, 0.717) is 5.69 Å². The molecule has 0 aliphatic heterocycles. The standard InChI is InChI=1S/C14H16FN5O3/c1-9-12(20(22)23)13(19(2)18-9)16-7-8-17-14(21)10-5-3-4-6-11(10)15/h3-6,16H,7-8H2,1-2H3,(H,17,21). The molecule has 9 heteroatoms. The van der Waals surface area contributed by atoms with E-state index in [2.05, 4.69) is 15.7 Å². The summed E-state index contributed by atoms with van der Waals surface area (Å²) in [4.78, 5) is 22.3. The van der Waals surface area contributed by atoms with Gasteiger partial charge in [-0.15, -0.1) is 0 Å². The molecule has 1 aromatic carbocycles. The van der Waals surface area contributed by atoms with E-state index in [-0.39, 0.29) is 30.2 Å². The molecule has 0 aliphatic rings. The maximum atomic E-state index is 13.4. The van der Waals surface area contributed by atoms with E-state index in [0.717, 1.165) is 0 Å². The van der Waals surface area contributed by atoms with Crippen molar-refractivity contribution < 1.29 is 14.1 Å². The number of halogens is 1. The Bertz CT molecular complexity index is 744. The fourth-order valence-corrected chi connectivity index (χ4v) is 2.16. The molecule has 23 heavy (non-hydrogen) atoms. The molecule has 0 radical (unpaired) electrons. The summed E-state index contributed by atoms with van der Waals surface area (Å²) in [6.45, 7) is 1.96. The predicted molar refractivity (Wildman–Crippen MR) is 81.8 cm³/mol. The van der Waals surface area contributed by atoms with E-state index in [4.69, 9.17) is 0 Å². The molecular weight excluding hydrogens is 305 g/mol. The number of nitrogens with zero attached hydrogens (tertiary/aromatic N) is 3. The molecule has 0 unspecified atom stereocenters. The van der Waals surface area contributed by atoms with Crippen molar-refractivity contribution in [3.05, 3.63) is 51.5 Å². The average molecular weight is 321 g/mol. The number of hydrogen-bond donors (Lipinski definition) is 2. The van der Waals surface area contributed by atoms with Crippen LogP contribution in [0.2, 0.25) is 0 Å². The Morgan fingerprint density at radius 2 is 2.09 bits per heavy atom. The Hall–Kier alpha value is -2.97. The second-order valence-corrected chi connectivity index (χ2v) is 4.83. The SMILES string of the molecule is Cc1nn(C)c(NCCNC(=O)c2ccccc2F)c1[N+](=O)[O-]. The van der Waals surface area contributed by atoms with Gasteiger partial charge in [-0.05, 0) is 19.1 Å². The van der Waals surface area contributed by atoms with E-state index in [1.807, 2.05) is 0 Å². The van der Waals surface area contributed by atoms with Crippen LogP contribution < -0.4 is 10.6 Å². The Balaban J connectivity index is 1.93. The maximum Gasteiger partial charge on any atom is 0.333 e. The lowest BCUT2D eigenvalue weighted by molar-refractivity contribution is -0.384. The summed E-state index contributed by atoms with van der Waals surface area (Å²) in [5.74, 6) is -0.885. The third-order valence-electron chi connectivity index (χ3n) is 3.19. The summed E-state index contributed by atoms with van der Waals surface area (Å²) in [5.41, 5.74) is 0.151. The molecule has 2 N–H and O–H groups in total.